The van der Waals surface area contributed by atoms with Gasteiger partial charge in [-0.25, -0.2) is 9.37 Å². The topological polar surface area (TPSA) is 73.3 Å². The van der Waals surface area contributed by atoms with Crippen molar-refractivity contribution in [3.05, 3.63) is 71.9 Å². The number of rotatable bonds is 7. The van der Waals surface area contributed by atoms with Crippen molar-refractivity contribution in [1.29, 1.82) is 0 Å². The van der Waals surface area contributed by atoms with Crippen molar-refractivity contribution in [1.82, 2.24) is 4.98 Å². The summed E-state index contributed by atoms with van der Waals surface area (Å²) in [6.45, 7) is 3.66. The Kier molecular flexibility index (Phi) is 6.18. The number of benzene rings is 2. The van der Waals surface area contributed by atoms with E-state index >= 15 is 0 Å². The van der Waals surface area contributed by atoms with Gasteiger partial charge in [0, 0.05) is 29.3 Å². The molecule has 166 valence electrons. The number of hydrogen-bond donors (Lipinski definition) is 2. The molecule has 3 N–H and O–H groups in total. The minimum absolute atomic E-state index is 0.272. The number of alkyl halides is 2. The number of fused-ring (bicyclic) bond motifs is 1. The van der Waals surface area contributed by atoms with E-state index in [2.05, 4.69) is 9.71 Å². The Balaban J connectivity index is 1.74. The summed E-state index contributed by atoms with van der Waals surface area (Å²) in [7, 11) is 0. The summed E-state index contributed by atoms with van der Waals surface area (Å²) in [5.74, 6) is -2.29. The highest BCUT2D eigenvalue weighted by molar-refractivity contribution is 8.00. The fourth-order valence-electron chi connectivity index (χ4n) is 3.38. The molecule has 1 atom stereocenters. The molecule has 0 aliphatic rings. The molecule has 2 aromatic heterocycles. The molecule has 4 aromatic rings. The lowest BCUT2D eigenvalue weighted by molar-refractivity contribution is 0.228. The number of nitrogen functional groups attached to an aromatic ring is 1. The Morgan fingerprint density at radius 1 is 1.16 bits per heavy atom. The van der Waals surface area contributed by atoms with E-state index in [1.807, 2.05) is 6.92 Å². The van der Waals surface area contributed by atoms with E-state index < -0.39 is 11.9 Å². The molecule has 4 rings (SSSR count). The fraction of sp³-hybridized carbons (Fsp3) is 0.174. The van der Waals surface area contributed by atoms with Crippen LogP contribution in [0, 0.1) is 12.7 Å². The number of anilines is 2. The summed E-state index contributed by atoms with van der Waals surface area (Å²) in [6, 6.07) is 11.0. The van der Waals surface area contributed by atoms with Crippen LogP contribution in [0.2, 0.25) is 0 Å². The summed E-state index contributed by atoms with van der Waals surface area (Å²) < 4.78 is 53.2. The molecule has 0 saturated heterocycles. The summed E-state index contributed by atoms with van der Waals surface area (Å²) in [4.78, 5) is 4.21. The largest absolute Gasteiger partial charge is 0.484 e. The van der Waals surface area contributed by atoms with Gasteiger partial charge in [-0.2, -0.15) is 8.78 Å². The number of aromatic nitrogens is 1. The van der Waals surface area contributed by atoms with E-state index in [9.17, 15) is 13.2 Å². The molecule has 2 aromatic carbocycles. The number of nitrogens with two attached hydrogens (primary N) is 1. The van der Waals surface area contributed by atoms with Crippen LogP contribution in [0.15, 0.2) is 59.3 Å². The van der Waals surface area contributed by atoms with Crippen molar-refractivity contribution >= 4 is 34.4 Å². The van der Waals surface area contributed by atoms with Crippen LogP contribution in [-0.2, 0) is 0 Å². The van der Waals surface area contributed by atoms with E-state index in [0.717, 1.165) is 16.7 Å². The van der Waals surface area contributed by atoms with E-state index in [4.69, 9.17) is 14.9 Å². The molecule has 0 amide bonds. The molecule has 5 nitrogen and oxygen atoms in total. The molecule has 0 aliphatic carbocycles. The second kappa shape index (κ2) is 9.04. The first-order valence-electron chi connectivity index (χ1n) is 9.72. The number of hydrogen-bond acceptors (Lipinski definition) is 6. The van der Waals surface area contributed by atoms with E-state index in [1.54, 1.807) is 49.7 Å². The lowest BCUT2D eigenvalue weighted by atomic mass is 10.0. The highest BCUT2D eigenvalue weighted by atomic mass is 32.2. The first-order valence-corrected chi connectivity index (χ1v) is 10.6. The Labute approximate surface area is 186 Å². The average molecular weight is 459 g/mol. The minimum atomic E-state index is -2.61. The normalized spacial score (nSPS) is 12.3. The van der Waals surface area contributed by atoms with Crippen LogP contribution < -0.4 is 15.2 Å². The summed E-state index contributed by atoms with van der Waals surface area (Å²) in [6.07, 6.45) is 2.76. The second-order valence-corrected chi connectivity index (χ2v) is 7.98. The molecular formula is C23H20F3N3O2S. The molecule has 2 heterocycles. The van der Waals surface area contributed by atoms with Gasteiger partial charge in [-0.05, 0) is 49.2 Å². The number of nitrogens with zero attached hydrogens (tertiary/aromatic N) is 1. The lowest BCUT2D eigenvalue weighted by Crippen LogP contribution is -2.05. The lowest BCUT2D eigenvalue weighted by Gasteiger charge is -2.19. The first-order chi connectivity index (χ1) is 15.3. The van der Waals surface area contributed by atoms with Crippen molar-refractivity contribution in [3.63, 3.8) is 0 Å². The molecule has 0 radical (unpaired) electrons. The monoisotopic (exact) mass is 459 g/mol. The van der Waals surface area contributed by atoms with Gasteiger partial charge in [0.25, 0.3) is 0 Å². The van der Waals surface area contributed by atoms with Gasteiger partial charge in [-0.1, -0.05) is 18.2 Å². The maximum atomic E-state index is 13.3. The number of furan rings is 1. The molecule has 0 fully saturated rings. The van der Waals surface area contributed by atoms with Gasteiger partial charge in [0.15, 0.2) is 0 Å². The van der Waals surface area contributed by atoms with Gasteiger partial charge in [0.2, 0.25) is 0 Å². The zero-order chi connectivity index (χ0) is 22.8. The van der Waals surface area contributed by atoms with Gasteiger partial charge in [-0.15, -0.1) is 0 Å². The average Bonchev–Trinajstić information content (AvgIpc) is 3.22. The van der Waals surface area contributed by atoms with Crippen LogP contribution >= 0.6 is 11.9 Å². The molecular weight excluding hydrogens is 439 g/mol. The molecule has 0 saturated carbocycles. The van der Waals surface area contributed by atoms with E-state index in [-0.39, 0.29) is 17.8 Å². The zero-order valence-corrected chi connectivity index (χ0v) is 18.1. The summed E-state index contributed by atoms with van der Waals surface area (Å²) in [5.41, 5.74) is 10.1. The Bertz CT molecular complexity index is 1250. The van der Waals surface area contributed by atoms with Crippen LogP contribution in [0.5, 0.6) is 5.75 Å². The fourth-order valence-corrected chi connectivity index (χ4v) is 3.76. The Hall–Kier alpha value is -3.33. The third-order valence-electron chi connectivity index (χ3n) is 5.00. The van der Waals surface area contributed by atoms with E-state index in [1.165, 1.54) is 12.1 Å². The van der Waals surface area contributed by atoms with Crippen molar-refractivity contribution in [2.24, 2.45) is 0 Å². The standard InChI is InChI=1S/C23H20F3N3O2S/c1-12-10-28-22(27)20-17(11-30-21(12)20)15-5-8-18(29-32-23(25)26)19(9-15)31-13(2)14-3-6-16(24)7-4-14/h3-11,13,23,29H,1-2H3,(H2,27,28). The maximum absolute atomic E-state index is 13.3. The second-order valence-electron chi connectivity index (χ2n) is 7.18. The van der Waals surface area contributed by atoms with Crippen LogP contribution in [0.4, 0.5) is 24.7 Å². The summed E-state index contributed by atoms with van der Waals surface area (Å²) >= 11 is 0.272. The summed E-state index contributed by atoms with van der Waals surface area (Å²) in [5, 5.41) is 0.671. The van der Waals surface area contributed by atoms with Gasteiger partial charge in [0.1, 0.15) is 29.1 Å². The third-order valence-corrected chi connectivity index (χ3v) is 5.51. The van der Waals surface area contributed by atoms with Crippen molar-refractivity contribution in [2.45, 2.75) is 25.7 Å². The van der Waals surface area contributed by atoms with Crippen molar-refractivity contribution in [2.75, 3.05) is 10.5 Å². The highest BCUT2D eigenvalue weighted by Gasteiger charge is 2.18. The minimum Gasteiger partial charge on any atom is -0.484 e. The van der Waals surface area contributed by atoms with Gasteiger partial charge >= 0.3 is 5.76 Å². The third kappa shape index (κ3) is 4.47. The van der Waals surface area contributed by atoms with Gasteiger partial charge in [-0.3, -0.25) is 0 Å². The quantitative estimate of drug-likeness (QED) is 0.292. The molecule has 1 unspecified atom stereocenters. The van der Waals surface area contributed by atoms with Crippen LogP contribution in [-0.4, -0.2) is 10.7 Å². The van der Waals surface area contributed by atoms with Crippen LogP contribution in [0.25, 0.3) is 22.1 Å². The molecule has 9 heteroatoms. The van der Waals surface area contributed by atoms with Gasteiger partial charge < -0.3 is 19.6 Å². The maximum Gasteiger partial charge on any atom is 0.302 e. The number of halogens is 3. The Morgan fingerprint density at radius 2 is 1.91 bits per heavy atom. The zero-order valence-electron chi connectivity index (χ0n) is 17.2. The van der Waals surface area contributed by atoms with E-state index in [0.29, 0.717) is 33.8 Å². The van der Waals surface area contributed by atoms with Crippen molar-refractivity contribution < 1.29 is 22.3 Å². The molecule has 0 bridgehead atoms. The SMILES string of the molecule is Cc1cnc(N)c2c(-c3ccc(NSC(F)F)c(OC(C)c4ccc(F)cc4)c3)coc12. The highest BCUT2D eigenvalue weighted by Crippen LogP contribution is 2.40. The predicted molar refractivity (Wildman–Crippen MR) is 121 cm³/mol. The van der Waals surface area contributed by atoms with Crippen molar-refractivity contribution in [3.8, 4) is 16.9 Å². The molecule has 0 spiro atoms. The predicted octanol–water partition coefficient (Wildman–Crippen LogP) is 6.95. The first kappa shape index (κ1) is 21.9. The smallest absolute Gasteiger partial charge is 0.302 e. The van der Waals surface area contributed by atoms with Crippen LogP contribution in [0.3, 0.4) is 0 Å². The Morgan fingerprint density at radius 3 is 2.62 bits per heavy atom. The van der Waals surface area contributed by atoms with Crippen LogP contribution in [0.1, 0.15) is 24.2 Å². The number of ether oxygens (including phenoxy) is 1. The number of nitrogens with one attached hydrogen (secondary N) is 1. The molecule has 32 heavy (non-hydrogen) atoms. The molecule has 0 aliphatic heterocycles. The number of aryl methyl sites for hydroxylation is 1. The van der Waals surface area contributed by atoms with Gasteiger partial charge in [0.05, 0.1) is 17.3 Å². The number of pyridine rings is 1.